The van der Waals surface area contributed by atoms with E-state index in [-0.39, 0.29) is 0 Å². The second-order valence-corrected chi connectivity index (χ2v) is 4.19. The van der Waals surface area contributed by atoms with Crippen LogP contribution in [0, 0.1) is 0 Å². The molecule has 0 unspecified atom stereocenters. The van der Waals surface area contributed by atoms with E-state index in [0.29, 0.717) is 11.4 Å². The molecule has 1 rings (SSSR count). The molecule has 0 saturated carbocycles. The summed E-state index contributed by atoms with van der Waals surface area (Å²) in [5.74, 6) is -1.69. The summed E-state index contributed by atoms with van der Waals surface area (Å²) in [6.07, 6.45) is 0.527. The predicted molar refractivity (Wildman–Crippen MR) is 63.2 cm³/mol. The van der Waals surface area contributed by atoms with Crippen molar-refractivity contribution in [1.82, 2.24) is 0 Å². The molecule has 0 bridgehead atoms. The Morgan fingerprint density at radius 3 is 2.62 bits per heavy atom. The SMILES string of the molecule is CC[C@@H](c1cccc(Cl)c1)C(N)(N)C(=O)O. The first-order valence-electron chi connectivity index (χ1n) is 4.96. The highest BCUT2D eigenvalue weighted by molar-refractivity contribution is 6.30. The summed E-state index contributed by atoms with van der Waals surface area (Å²) in [6.45, 7) is 1.84. The van der Waals surface area contributed by atoms with Crippen molar-refractivity contribution in [2.45, 2.75) is 24.9 Å². The lowest BCUT2D eigenvalue weighted by Crippen LogP contribution is -2.60. The molecule has 0 aliphatic heterocycles. The highest BCUT2D eigenvalue weighted by Gasteiger charge is 2.38. The molecule has 4 nitrogen and oxygen atoms in total. The summed E-state index contributed by atoms with van der Waals surface area (Å²) in [5.41, 5.74) is 10.2. The lowest BCUT2D eigenvalue weighted by Gasteiger charge is -2.29. The molecule has 0 aliphatic rings. The van der Waals surface area contributed by atoms with Crippen LogP contribution >= 0.6 is 11.6 Å². The van der Waals surface area contributed by atoms with Crippen molar-refractivity contribution in [2.24, 2.45) is 11.5 Å². The Labute approximate surface area is 99.2 Å². The van der Waals surface area contributed by atoms with Crippen LogP contribution < -0.4 is 11.5 Å². The van der Waals surface area contributed by atoms with Crippen molar-refractivity contribution < 1.29 is 9.90 Å². The number of benzene rings is 1. The van der Waals surface area contributed by atoms with Crippen molar-refractivity contribution in [3.63, 3.8) is 0 Å². The Bertz CT molecular complexity index is 393. The third-order valence-electron chi connectivity index (χ3n) is 2.61. The number of carboxylic acids is 1. The Morgan fingerprint density at radius 1 is 1.56 bits per heavy atom. The van der Waals surface area contributed by atoms with Gasteiger partial charge in [-0.1, -0.05) is 30.7 Å². The zero-order valence-corrected chi connectivity index (χ0v) is 9.74. The molecule has 16 heavy (non-hydrogen) atoms. The standard InChI is InChI=1S/C11H15ClN2O2/c1-2-9(11(13,14)10(15)16)7-4-3-5-8(12)6-7/h3-6,9H,2,13-14H2,1H3,(H,15,16)/t9-/m0/s1. The Morgan fingerprint density at radius 2 is 2.19 bits per heavy atom. The Hall–Kier alpha value is -1.10. The molecule has 0 aliphatic carbocycles. The van der Waals surface area contributed by atoms with E-state index in [1.54, 1.807) is 24.3 Å². The van der Waals surface area contributed by atoms with Gasteiger partial charge in [0.25, 0.3) is 0 Å². The molecular weight excluding hydrogens is 228 g/mol. The minimum Gasteiger partial charge on any atom is -0.479 e. The fourth-order valence-electron chi connectivity index (χ4n) is 1.72. The van der Waals surface area contributed by atoms with E-state index in [1.807, 2.05) is 6.92 Å². The first kappa shape index (κ1) is 13.0. The predicted octanol–water partition coefficient (Wildman–Crippen LogP) is 1.53. The zero-order chi connectivity index (χ0) is 12.3. The van der Waals surface area contributed by atoms with Gasteiger partial charge in [0, 0.05) is 10.9 Å². The van der Waals surface area contributed by atoms with E-state index in [0.717, 1.165) is 5.56 Å². The number of hydrogen-bond acceptors (Lipinski definition) is 3. The molecule has 5 N–H and O–H groups in total. The van der Waals surface area contributed by atoms with E-state index in [2.05, 4.69) is 0 Å². The van der Waals surface area contributed by atoms with Crippen molar-refractivity contribution in [2.75, 3.05) is 0 Å². The van der Waals surface area contributed by atoms with Crippen molar-refractivity contribution in [1.29, 1.82) is 0 Å². The quantitative estimate of drug-likeness (QED) is 0.699. The van der Waals surface area contributed by atoms with E-state index in [1.165, 1.54) is 0 Å². The molecule has 0 spiro atoms. The highest BCUT2D eigenvalue weighted by Crippen LogP contribution is 2.28. The molecule has 0 fully saturated rings. The van der Waals surface area contributed by atoms with Crippen LogP contribution in [0.4, 0.5) is 0 Å². The summed E-state index contributed by atoms with van der Waals surface area (Å²) in [5, 5.41) is 9.53. The van der Waals surface area contributed by atoms with Gasteiger partial charge in [0.2, 0.25) is 0 Å². The van der Waals surface area contributed by atoms with Gasteiger partial charge in [-0.15, -0.1) is 0 Å². The molecule has 0 heterocycles. The molecule has 0 saturated heterocycles. The smallest absolute Gasteiger partial charge is 0.339 e. The van der Waals surface area contributed by atoms with Crippen LogP contribution in [-0.4, -0.2) is 16.7 Å². The van der Waals surface area contributed by atoms with Gasteiger partial charge in [-0.25, -0.2) is 4.79 Å². The zero-order valence-electron chi connectivity index (χ0n) is 8.98. The largest absolute Gasteiger partial charge is 0.479 e. The molecule has 1 atom stereocenters. The van der Waals surface area contributed by atoms with E-state index < -0.39 is 17.6 Å². The highest BCUT2D eigenvalue weighted by atomic mass is 35.5. The van der Waals surface area contributed by atoms with E-state index >= 15 is 0 Å². The molecule has 1 aromatic carbocycles. The molecule has 0 amide bonds. The minimum absolute atomic E-state index is 0.469. The van der Waals surface area contributed by atoms with E-state index in [4.69, 9.17) is 28.2 Å². The summed E-state index contributed by atoms with van der Waals surface area (Å²) in [7, 11) is 0. The van der Waals surface area contributed by atoms with Crippen LogP contribution in [0.5, 0.6) is 0 Å². The number of nitrogens with two attached hydrogens (primary N) is 2. The molecular formula is C11H15ClN2O2. The fraction of sp³-hybridized carbons (Fsp3) is 0.364. The normalized spacial score (nSPS) is 13.5. The lowest BCUT2D eigenvalue weighted by atomic mass is 9.85. The van der Waals surface area contributed by atoms with Crippen LogP contribution in [0.25, 0.3) is 0 Å². The van der Waals surface area contributed by atoms with Gasteiger partial charge in [0.15, 0.2) is 5.66 Å². The topological polar surface area (TPSA) is 89.3 Å². The van der Waals surface area contributed by atoms with Crippen molar-refractivity contribution in [3.8, 4) is 0 Å². The van der Waals surface area contributed by atoms with Gasteiger partial charge in [0.05, 0.1) is 0 Å². The Balaban J connectivity index is 3.12. The number of hydrogen-bond donors (Lipinski definition) is 3. The van der Waals surface area contributed by atoms with Gasteiger partial charge in [-0.05, 0) is 24.1 Å². The van der Waals surface area contributed by atoms with E-state index in [9.17, 15) is 4.79 Å². The van der Waals surface area contributed by atoms with Crippen LogP contribution in [0.15, 0.2) is 24.3 Å². The minimum atomic E-state index is -1.78. The number of carboxylic acid groups (broad SMARTS) is 1. The molecule has 5 heteroatoms. The Kier molecular flexibility index (Phi) is 3.91. The van der Waals surface area contributed by atoms with Gasteiger partial charge in [-0.3, -0.25) is 0 Å². The molecule has 0 aromatic heterocycles. The van der Waals surface area contributed by atoms with Gasteiger partial charge >= 0.3 is 5.97 Å². The first-order valence-corrected chi connectivity index (χ1v) is 5.34. The number of rotatable bonds is 4. The van der Waals surface area contributed by atoms with Crippen LogP contribution in [0.1, 0.15) is 24.8 Å². The second-order valence-electron chi connectivity index (χ2n) is 3.75. The summed E-state index contributed by atoms with van der Waals surface area (Å²) >= 11 is 5.85. The van der Waals surface area contributed by atoms with Crippen LogP contribution in [-0.2, 0) is 4.79 Å². The summed E-state index contributed by atoms with van der Waals surface area (Å²) < 4.78 is 0. The average molecular weight is 243 g/mol. The van der Waals surface area contributed by atoms with Crippen molar-refractivity contribution in [3.05, 3.63) is 34.9 Å². The molecule has 1 aromatic rings. The van der Waals surface area contributed by atoms with Gasteiger partial charge in [-0.2, -0.15) is 0 Å². The average Bonchev–Trinajstić information content (AvgIpc) is 2.18. The molecule has 88 valence electrons. The maximum Gasteiger partial charge on any atom is 0.339 e. The third kappa shape index (κ3) is 2.52. The summed E-state index contributed by atoms with van der Waals surface area (Å²) in [6, 6.07) is 6.93. The van der Waals surface area contributed by atoms with Gasteiger partial charge in [0.1, 0.15) is 0 Å². The fourth-order valence-corrected chi connectivity index (χ4v) is 1.92. The number of aliphatic carboxylic acids is 1. The van der Waals surface area contributed by atoms with Crippen LogP contribution in [0.3, 0.4) is 0 Å². The molecule has 0 radical (unpaired) electrons. The van der Waals surface area contributed by atoms with Crippen LogP contribution in [0.2, 0.25) is 5.02 Å². The first-order chi connectivity index (χ1) is 7.39. The number of carbonyl (C=O) groups is 1. The van der Waals surface area contributed by atoms with Gasteiger partial charge < -0.3 is 16.6 Å². The second kappa shape index (κ2) is 4.82. The van der Waals surface area contributed by atoms with Crippen molar-refractivity contribution >= 4 is 17.6 Å². The number of halogens is 1. The summed E-state index contributed by atoms with van der Waals surface area (Å²) in [4.78, 5) is 11.0. The monoisotopic (exact) mass is 242 g/mol. The maximum atomic E-state index is 11.0. The maximum absolute atomic E-state index is 11.0. The third-order valence-corrected chi connectivity index (χ3v) is 2.84. The lowest BCUT2D eigenvalue weighted by molar-refractivity contribution is -0.144.